The van der Waals surface area contributed by atoms with Gasteiger partial charge in [0.05, 0.1) is 13.3 Å². The second-order valence-corrected chi connectivity index (χ2v) is 2.74. The van der Waals surface area contributed by atoms with Crippen LogP contribution in [0.3, 0.4) is 0 Å². The van der Waals surface area contributed by atoms with Gasteiger partial charge in [-0.1, -0.05) is 20.3 Å². The Morgan fingerprint density at radius 3 is 2.25 bits per heavy atom. The zero-order chi connectivity index (χ0) is 6.41. The van der Waals surface area contributed by atoms with Crippen LogP contribution in [0.2, 0.25) is 0 Å². The second kappa shape index (κ2) is 5.02. The molecule has 0 aliphatic heterocycles. The lowest BCUT2D eigenvalue weighted by Crippen LogP contribution is -1.85. The number of hydrogen-bond donors (Lipinski definition) is 0. The van der Waals surface area contributed by atoms with E-state index in [0.29, 0.717) is 0 Å². The van der Waals surface area contributed by atoms with Crippen LogP contribution in [0.1, 0.15) is 39.5 Å². The van der Waals surface area contributed by atoms with E-state index in [1.54, 1.807) is 0 Å². The van der Waals surface area contributed by atoms with Gasteiger partial charge in [0.15, 0.2) is 0 Å². The van der Waals surface area contributed by atoms with Gasteiger partial charge in [0.1, 0.15) is 0 Å². The largest absolute Gasteiger partial charge is 0.0850 e. The topological polar surface area (TPSA) is 0 Å². The third kappa shape index (κ3) is 5.87. The first-order valence-corrected chi connectivity index (χ1v) is 3.56. The predicted molar refractivity (Wildman–Crippen MR) is 38.7 cm³/mol. The summed E-state index contributed by atoms with van der Waals surface area (Å²) in [7, 11) is 0. The first-order valence-electron chi connectivity index (χ1n) is 3.56. The van der Waals surface area contributed by atoms with E-state index in [9.17, 15) is 0 Å². The van der Waals surface area contributed by atoms with Crippen LogP contribution in [0, 0.1) is 12.8 Å². The second-order valence-electron chi connectivity index (χ2n) is 2.74. The van der Waals surface area contributed by atoms with Crippen LogP contribution >= 0.6 is 0 Å². The van der Waals surface area contributed by atoms with Crippen molar-refractivity contribution in [3.8, 4) is 0 Å². The van der Waals surface area contributed by atoms with Crippen LogP contribution in [0.4, 0.5) is 0 Å². The maximum absolute atomic E-state index is 3.78. The Kier molecular flexibility index (Phi) is 4.93. The molecule has 0 aromatic carbocycles. The number of unbranched alkanes of at least 4 members (excludes halogenated alkanes) is 2. The van der Waals surface area contributed by atoms with E-state index >= 15 is 0 Å². The van der Waals surface area contributed by atoms with Gasteiger partial charge in [0.2, 0.25) is 0 Å². The van der Waals surface area contributed by atoms with Crippen molar-refractivity contribution in [3.05, 3.63) is 6.92 Å². The maximum atomic E-state index is 3.78. The van der Waals surface area contributed by atoms with Gasteiger partial charge in [0, 0.05) is 0 Å². The van der Waals surface area contributed by atoms with Crippen molar-refractivity contribution in [2.45, 2.75) is 39.5 Å². The molecule has 0 rings (SSSR count). The van der Waals surface area contributed by atoms with Gasteiger partial charge in [-0.2, -0.15) is 0 Å². The lowest BCUT2D eigenvalue weighted by Gasteiger charge is -1.99. The quantitative estimate of drug-likeness (QED) is 0.388. The van der Waals surface area contributed by atoms with Crippen molar-refractivity contribution in [2.24, 2.45) is 5.92 Å². The van der Waals surface area contributed by atoms with Crippen molar-refractivity contribution in [1.82, 2.24) is 0 Å². The molecule has 0 atom stereocenters. The fourth-order valence-corrected chi connectivity index (χ4v) is 0.729. The smallest absolute Gasteiger partial charge is 0.0628 e. The van der Waals surface area contributed by atoms with E-state index in [0.717, 1.165) is 12.3 Å². The molecule has 0 N–H and O–H groups in total. The van der Waals surface area contributed by atoms with Gasteiger partial charge in [-0.25, -0.2) is 0 Å². The van der Waals surface area contributed by atoms with Gasteiger partial charge < -0.3 is 0 Å². The molecule has 0 spiro atoms. The van der Waals surface area contributed by atoms with Gasteiger partial charge >= 0.3 is 0 Å². The van der Waals surface area contributed by atoms with E-state index in [1.807, 2.05) is 0 Å². The summed E-state index contributed by atoms with van der Waals surface area (Å²) in [5, 5.41) is 0. The minimum absolute atomic E-state index is 0.876. The molecule has 0 nitrogen and oxygen atoms in total. The standard InChI is InChI=1S/C8H17/c1-4-5-6-7-8(2)3/h8H,1,4-7H2,2-3H3/q+1. The molecule has 0 aliphatic rings. The van der Waals surface area contributed by atoms with Crippen LogP contribution in [0.25, 0.3) is 0 Å². The molecular weight excluding hydrogens is 96.1 g/mol. The van der Waals surface area contributed by atoms with Gasteiger partial charge in [0.25, 0.3) is 0 Å². The highest BCUT2D eigenvalue weighted by molar-refractivity contribution is 4.47. The highest BCUT2D eigenvalue weighted by Gasteiger charge is 1.92. The first kappa shape index (κ1) is 7.87. The number of hydrogen-bond acceptors (Lipinski definition) is 0. The molecule has 0 fully saturated rings. The third-order valence-electron chi connectivity index (χ3n) is 1.28. The molecule has 0 heterocycles. The van der Waals surface area contributed by atoms with Crippen molar-refractivity contribution < 1.29 is 0 Å². The lowest BCUT2D eigenvalue weighted by atomic mass is 10.1. The monoisotopic (exact) mass is 113 g/mol. The molecule has 48 valence electrons. The molecule has 8 heavy (non-hydrogen) atoms. The summed E-state index contributed by atoms with van der Waals surface area (Å²) in [6.45, 7) is 8.32. The SMILES string of the molecule is [CH2+]CCCCC(C)C. The average Bonchev–Trinajstić information content (AvgIpc) is 1.66. The Balaban J connectivity index is 2.72. The van der Waals surface area contributed by atoms with E-state index in [4.69, 9.17) is 0 Å². The summed E-state index contributed by atoms with van der Waals surface area (Å²) in [5.74, 6) is 0.876. The minimum atomic E-state index is 0.876. The van der Waals surface area contributed by atoms with E-state index < -0.39 is 0 Å². The Morgan fingerprint density at radius 1 is 1.25 bits per heavy atom. The van der Waals surface area contributed by atoms with Gasteiger partial charge in [-0.05, 0) is 18.8 Å². The predicted octanol–water partition coefficient (Wildman–Crippen LogP) is 3.04. The Bertz CT molecular complexity index is 37.3. The Hall–Kier alpha value is -0.130. The molecule has 0 aromatic heterocycles. The Morgan fingerprint density at radius 2 is 1.88 bits per heavy atom. The lowest BCUT2D eigenvalue weighted by molar-refractivity contribution is 0.540. The normalized spacial score (nSPS) is 10.4. The van der Waals surface area contributed by atoms with Crippen LogP contribution in [-0.4, -0.2) is 0 Å². The maximum Gasteiger partial charge on any atom is 0.0850 e. The highest BCUT2D eigenvalue weighted by atomic mass is 14.0. The molecule has 0 heteroatoms. The molecule has 0 saturated heterocycles. The summed E-state index contributed by atoms with van der Waals surface area (Å²) in [4.78, 5) is 0. The zero-order valence-corrected chi connectivity index (χ0v) is 6.11. The van der Waals surface area contributed by atoms with E-state index in [1.165, 1.54) is 19.3 Å². The van der Waals surface area contributed by atoms with Gasteiger partial charge in [-0.3, -0.25) is 0 Å². The van der Waals surface area contributed by atoms with Crippen LogP contribution in [-0.2, 0) is 0 Å². The summed E-state index contributed by atoms with van der Waals surface area (Å²) in [6.07, 6.45) is 5.14. The third-order valence-corrected chi connectivity index (χ3v) is 1.28. The highest BCUT2D eigenvalue weighted by Crippen LogP contribution is 2.06. The fraction of sp³-hybridized carbons (Fsp3) is 0.875. The molecule has 0 bridgehead atoms. The average molecular weight is 113 g/mol. The minimum Gasteiger partial charge on any atom is -0.0628 e. The van der Waals surface area contributed by atoms with Crippen LogP contribution < -0.4 is 0 Å². The van der Waals surface area contributed by atoms with Crippen LogP contribution in [0.15, 0.2) is 0 Å². The summed E-state index contributed by atoms with van der Waals surface area (Å²) >= 11 is 0. The van der Waals surface area contributed by atoms with Crippen LogP contribution in [0.5, 0.6) is 0 Å². The molecule has 0 saturated carbocycles. The van der Waals surface area contributed by atoms with E-state index in [2.05, 4.69) is 20.8 Å². The fourth-order valence-electron chi connectivity index (χ4n) is 0.729. The number of rotatable bonds is 4. The summed E-state index contributed by atoms with van der Waals surface area (Å²) in [6, 6.07) is 0. The summed E-state index contributed by atoms with van der Waals surface area (Å²) < 4.78 is 0. The van der Waals surface area contributed by atoms with Gasteiger partial charge in [-0.15, -0.1) is 0 Å². The zero-order valence-electron chi connectivity index (χ0n) is 6.11. The Labute approximate surface area is 53.3 Å². The molecule has 0 amide bonds. The summed E-state index contributed by atoms with van der Waals surface area (Å²) in [5.41, 5.74) is 0. The van der Waals surface area contributed by atoms with Crippen molar-refractivity contribution >= 4 is 0 Å². The van der Waals surface area contributed by atoms with E-state index in [-0.39, 0.29) is 0 Å². The molecule has 0 radical (unpaired) electrons. The van der Waals surface area contributed by atoms with Crippen molar-refractivity contribution in [2.75, 3.05) is 0 Å². The first-order chi connectivity index (χ1) is 3.77. The molecule has 0 unspecified atom stereocenters. The van der Waals surface area contributed by atoms with Crippen molar-refractivity contribution in [3.63, 3.8) is 0 Å². The molecule has 0 aromatic rings. The molecular formula is C8H17+. The molecule has 0 aliphatic carbocycles. The van der Waals surface area contributed by atoms with Crippen molar-refractivity contribution in [1.29, 1.82) is 0 Å².